The minimum absolute atomic E-state index is 0.124. The molecule has 6 atom stereocenters. The second kappa shape index (κ2) is 6.05. The average molecular weight is 362 g/mol. The fourth-order valence-electron chi connectivity index (χ4n) is 6.74. The average Bonchev–Trinajstić information content (AvgIpc) is 2.90. The fourth-order valence-corrected chi connectivity index (χ4v) is 6.78. The van der Waals surface area contributed by atoms with Gasteiger partial charge in [0.2, 0.25) is 0 Å². The lowest BCUT2D eigenvalue weighted by molar-refractivity contribution is -0.0209. The van der Waals surface area contributed by atoms with E-state index in [1.165, 1.54) is 37.0 Å². The summed E-state index contributed by atoms with van der Waals surface area (Å²) in [5.74, 6) is 2.22. The van der Waals surface area contributed by atoms with Crippen molar-refractivity contribution in [3.63, 3.8) is 0 Å². The van der Waals surface area contributed by atoms with Gasteiger partial charge in [0, 0.05) is 11.1 Å². The minimum Gasteiger partial charge on any atom is -0.393 e. The summed E-state index contributed by atoms with van der Waals surface area (Å²) < 4.78 is 0. The van der Waals surface area contributed by atoms with Crippen molar-refractivity contribution in [2.45, 2.75) is 71.3 Å². The SMILES string of the molecule is C[C@]12CCC(O)CC1=CCC1C2CC[C@]2(C)C(=NNC(N)=S)CCC12. The summed E-state index contributed by atoms with van der Waals surface area (Å²) in [7, 11) is 0. The maximum Gasteiger partial charge on any atom is 0.184 e. The highest BCUT2D eigenvalue weighted by Crippen LogP contribution is 2.64. The Bertz CT molecular complexity index is 645. The molecule has 0 aromatic heterocycles. The number of aliphatic hydroxyl groups is 1. The molecule has 25 heavy (non-hydrogen) atoms. The Morgan fingerprint density at radius 3 is 2.72 bits per heavy atom. The van der Waals surface area contributed by atoms with Gasteiger partial charge in [-0.2, -0.15) is 5.10 Å². The van der Waals surface area contributed by atoms with Gasteiger partial charge in [-0.05, 0) is 86.8 Å². The van der Waals surface area contributed by atoms with Crippen LogP contribution < -0.4 is 11.2 Å². The van der Waals surface area contributed by atoms with Crippen molar-refractivity contribution < 1.29 is 5.11 Å². The second-order valence-electron chi connectivity index (χ2n) is 9.19. The van der Waals surface area contributed by atoms with Crippen molar-refractivity contribution in [3.8, 4) is 0 Å². The molecule has 0 aromatic carbocycles. The number of hydrazone groups is 1. The number of thiocarbonyl (C=S) groups is 1. The maximum atomic E-state index is 10.1. The Labute approximate surface area is 156 Å². The van der Waals surface area contributed by atoms with Crippen molar-refractivity contribution in [2.75, 3.05) is 0 Å². The van der Waals surface area contributed by atoms with E-state index in [0.717, 1.165) is 37.5 Å². The van der Waals surface area contributed by atoms with E-state index in [2.05, 4.69) is 30.5 Å². The van der Waals surface area contributed by atoms with Crippen LogP contribution in [0.15, 0.2) is 16.8 Å². The van der Waals surface area contributed by atoms with Gasteiger partial charge in [0.05, 0.1) is 6.10 Å². The van der Waals surface area contributed by atoms with Gasteiger partial charge in [0.25, 0.3) is 0 Å². The van der Waals surface area contributed by atoms with E-state index < -0.39 is 0 Å². The molecule has 3 saturated carbocycles. The molecule has 4 rings (SSSR count). The maximum absolute atomic E-state index is 10.1. The number of hydrogen-bond acceptors (Lipinski definition) is 3. The highest BCUT2D eigenvalue weighted by molar-refractivity contribution is 7.80. The van der Waals surface area contributed by atoms with Crippen LogP contribution >= 0.6 is 12.2 Å². The lowest BCUT2D eigenvalue weighted by Crippen LogP contribution is -2.50. The van der Waals surface area contributed by atoms with Crippen LogP contribution in [0.4, 0.5) is 0 Å². The number of allylic oxidation sites excluding steroid dienone is 1. The predicted octanol–water partition coefficient (Wildman–Crippen LogP) is 3.50. The molecule has 0 spiro atoms. The molecule has 3 fully saturated rings. The predicted molar refractivity (Wildman–Crippen MR) is 105 cm³/mol. The largest absolute Gasteiger partial charge is 0.393 e. The van der Waals surface area contributed by atoms with E-state index in [-0.39, 0.29) is 16.6 Å². The first-order valence-corrected chi connectivity index (χ1v) is 10.3. The molecule has 4 nitrogen and oxygen atoms in total. The van der Waals surface area contributed by atoms with Crippen LogP contribution in [0.25, 0.3) is 0 Å². The number of nitrogens with one attached hydrogen (secondary N) is 1. The third kappa shape index (κ3) is 2.66. The van der Waals surface area contributed by atoms with E-state index in [0.29, 0.717) is 11.3 Å². The van der Waals surface area contributed by atoms with E-state index in [9.17, 15) is 5.11 Å². The van der Waals surface area contributed by atoms with Gasteiger partial charge in [-0.15, -0.1) is 0 Å². The molecule has 0 aromatic rings. The molecular weight excluding hydrogens is 330 g/mol. The molecule has 0 heterocycles. The highest BCUT2D eigenvalue weighted by atomic mass is 32.1. The van der Waals surface area contributed by atoms with Crippen LogP contribution in [0, 0.1) is 28.6 Å². The summed E-state index contributed by atoms with van der Waals surface area (Å²) in [6, 6.07) is 0. The van der Waals surface area contributed by atoms with Crippen LogP contribution in [-0.4, -0.2) is 22.0 Å². The first-order chi connectivity index (χ1) is 11.8. The van der Waals surface area contributed by atoms with Crippen LogP contribution in [0.5, 0.6) is 0 Å². The molecule has 0 aliphatic heterocycles. The third-order valence-electron chi connectivity index (χ3n) is 8.12. The molecule has 138 valence electrons. The van der Waals surface area contributed by atoms with Crippen molar-refractivity contribution in [2.24, 2.45) is 39.4 Å². The summed E-state index contributed by atoms with van der Waals surface area (Å²) in [5, 5.41) is 14.9. The molecular formula is C20H31N3OS. The number of rotatable bonds is 1. The van der Waals surface area contributed by atoms with Crippen LogP contribution in [-0.2, 0) is 0 Å². The molecule has 5 heteroatoms. The summed E-state index contributed by atoms with van der Waals surface area (Å²) in [5.41, 5.74) is 11.7. The Kier molecular flexibility index (Phi) is 4.23. The third-order valence-corrected chi connectivity index (χ3v) is 8.21. The van der Waals surface area contributed by atoms with Crippen molar-refractivity contribution in [3.05, 3.63) is 11.6 Å². The number of nitrogens with zero attached hydrogens (tertiary/aromatic N) is 1. The summed E-state index contributed by atoms with van der Waals surface area (Å²) in [6.07, 6.45) is 11.3. The molecule has 4 aliphatic rings. The van der Waals surface area contributed by atoms with E-state index in [4.69, 9.17) is 18.0 Å². The molecule has 4 aliphatic carbocycles. The second-order valence-corrected chi connectivity index (χ2v) is 9.63. The van der Waals surface area contributed by atoms with Gasteiger partial charge in [0.15, 0.2) is 5.11 Å². The summed E-state index contributed by atoms with van der Waals surface area (Å²) >= 11 is 4.93. The molecule has 0 radical (unpaired) electrons. The molecule has 0 amide bonds. The zero-order chi connectivity index (χ0) is 17.8. The number of nitrogens with two attached hydrogens (primary N) is 1. The number of hydrogen-bond donors (Lipinski definition) is 3. The topological polar surface area (TPSA) is 70.6 Å². The first kappa shape index (κ1) is 17.5. The normalized spacial score (nSPS) is 47.5. The van der Waals surface area contributed by atoms with Gasteiger partial charge in [-0.3, -0.25) is 5.43 Å². The zero-order valence-electron chi connectivity index (χ0n) is 15.4. The van der Waals surface area contributed by atoms with Gasteiger partial charge < -0.3 is 10.8 Å². The molecule has 0 saturated heterocycles. The van der Waals surface area contributed by atoms with E-state index in [1.54, 1.807) is 0 Å². The van der Waals surface area contributed by atoms with Crippen LogP contribution in [0.3, 0.4) is 0 Å². The fraction of sp³-hybridized carbons (Fsp3) is 0.800. The van der Waals surface area contributed by atoms with Crippen LogP contribution in [0.1, 0.15) is 65.2 Å². The van der Waals surface area contributed by atoms with Crippen molar-refractivity contribution >= 4 is 23.0 Å². The van der Waals surface area contributed by atoms with Crippen molar-refractivity contribution in [1.29, 1.82) is 0 Å². The first-order valence-electron chi connectivity index (χ1n) is 9.84. The lowest BCUT2D eigenvalue weighted by Gasteiger charge is -2.57. The van der Waals surface area contributed by atoms with E-state index in [1.807, 2.05) is 0 Å². The van der Waals surface area contributed by atoms with E-state index >= 15 is 0 Å². The highest BCUT2D eigenvalue weighted by Gasteiger charge is 2.57. The monoisotopic (exact) mass is 361 g/mol. The van der Waals surface area contributed by atoms with Gasteiger partial charge >= 0.3 is 0 Å². The molecule has 0 bridgehead atoms. The zero-order valence-corrected chi connectivity index (χ0v) is 16.2. The Morgan fingerprint density at radius 1 is 1.24 bits per heavy atom. The minimum atomic E-state index is -0.124. The Hall–Kier alpha value is -0.940. The number of fused-ring (bicyclic) bond motifs is 5. The van der Waals surface area contributed by atoms with Gasteiger partial charge in [-0.1, -0.05) is 25.5 Å². The Balaban J connectivity index is 1.62. The quantitative estimate of drug-likeness (QED) is 0.380. The summed E-state index contributed by atoms with van der Waals surface area (Å²) in [6.45, 7) is 4.88. The van der Waals surface area contributed by atoms with Crippen LogP contribution in [0.2, 0.25) is 0 Å². The van der Waals surface area contributed by atoms with Gasteiger partial charge in [0.1, 0.15) is 0 Å². The number of aliphatic hydroxyl groups excluding tert-OH is 1. The standard InChI is InChI=1S/C20H31N3OS/c1-19-9-7-13(24)11-12(19)3-4-14-15-5-6-17(22-23-18(21)25)20(15,2)10-8-16(14)19/h3,13-16,24H,4-11H2,1-2H3,(H3,21,23,25)/t13?,14?,15?,16?,19-,20-/m0/s1. The smallest absolute Gasteiger partial charge is 0.184 e. The Morgan fingerprint density at radius 2 is 1.96 bits per heavy atom. The summed E-state index contributed by atoms with van der Waals surface area (Å²) in [4.78, 5) is 0. The van der Waals surface area contributed by atoms with Crippen molar-refractivity contribution in [1.82, 2.24) is 5.43 Å². The van der Waals surface area contributed by atoms with Gasteiger partial charge in [-0.25, -0.2) is 0 Å². The molecule has 4 N–H and O–H groups in total. The lowest BCUT2D eigenvalue weighted by atomic mass is 9.48. The molecule has 4 unspecified atom stereocenters.